The molecule has 1 unspecified atom stereocenters. The highest BCUT2D eigenvalue weighted by molar-refractivity contribution is 5.86. The van der Waals surface area contributed by atoms with E-state index in [0.717, 1.165) is 6.42 Å². The number of hydrogen-bond acceptors (Lipinski definition) is 1. The van der Waals surface area contributed by atoms with E-state index in [1.807, 2.05) is 20.8 Å². The first-order valence-corrected chi connectivity index (χ1v) is 6.15. The van der Waals surface area contributed by atoms with Gasteiger partial charge in [0, 0.05) is 11.3 Å². The van der Waals surface area contributed by atoms with Crippen molar-refractivity contribution in [3.63, 3.8) is 0 Å². The molecule has 0 saturated heterocycles. The molecule has 1 aliphatic carbocycles. The summed E-state index contributed by atoms with van der Waals surface area (Å²) in [7, 11) is 0. The lowest BCUT2D eigenvalue weighted by Gasteiger charge is -2.30. The molecule has 15 heavy (non-hydrogen) atoms. The second-order valence-electron chi connectivity index (χ2n) is 7.32. The van der Waals surface area contributed by atoms with Gasteiger partial charge in [0.25, 0.3) is 0 Å². The van der Waals surface area contributed by atoms with Gasteiger partial charge in [-0.25, -0.2) is 0 Å². The van der Waals surface area contributed by atoms with Gasteiger partial charge in [-0.15, -0.1) is 0 Å². The van der Waals surface area contributed by atoms with E-state index in [1.165, 1.54) is 12.8 Å². The molecule has 0 bridgehead atoms. The lowest BCUT2D eigenvalue weighted by Crippen LogP contribution is -2.32. The smallest absolute Gasteiger partial charge is 0.141 e. The van der Waals surface area contributed by atoms with Gasteiger partial charge in [-0.3, -0.25) is 4.79 Å². The Morgan fingerprint density at radius 2 is 1.60 bits per heavy atom. The van der Waals surface area contributed by atoms with E-state index in [0.29, 0.717) is 17.6 Å². The molecule has 0 aromatic carbocycles. The minimum atomic E-state index is -0.168. The topological polar surface area (TPSA) is 17.1 Å². The van der Waals surface area contributed by atoms with Crippen LogP contribution in [0.25, 0.3) is 0 Å². The van der Waals surface area contributed by atoms with Crippen LogP contribution in [0.2, 0.25) is 0 Å². The summed E-state index contributed by atoms with van der Waals surface area (Å²) < 4.78 is 0. The first-order chi connectivity index (χ1) is 6.61. The Bertz CT molecular complexity index is 235. The molecule has 1 fully saturated rings. The van der Waals surface area contributed by atoms with E-state index < -0.39 is 0 Å². The maximum Gasteiger partial charge on any atom is 0.141 e. The third-order valence-corrected chi connectivity index (χ3v) is 3.10. The Morgan fingerprint density at radius 1 is 1.13 bits per heavy atom. The molecular formula is C14H26O. The highest BCUT2D eigenvalue weighted by Gasteiger charge is 2.41. The molecule has 0 aliphatic heterocycles. The van der Waals surface area contributed by atoms with Gasteiger partial charge in [-0.05, 0) is 30.6 Å². The van der Waals surface area contributed by atoms with Gasteiger partial charge in [0.15, 0.2) is 0 Å². The molecule has 0 aromatic heterocycles. The number of carbonyl (C=O) groups is 1. The molecule has 0 spiro atoms. The molecule has 1 aliphatic rings. The third kappa shape index (κ3) is 3.96. The molecule has 1 saturated carbocycles. The highest BCUT2D eigenvalue weighted by Crippen LogP contribution is 2.45. The predicted molar refractivity (Wildman–Crippen MR) is 64.7 cm³/mol. The molecule has 1 rings (SSSR count). The molecule has 88 valence electrons. The molecule has 0 amide bonds. The summed E-state index contributed by atoms with van der Waals surface area (Å²) in [6, 6.07) is 0. The largest absolute Gasteiger partial charge is 0.299 e. The van der Waals surface area contributed by atoms with Crippen molar-refractivity contribution < 1.29 is 4.79 Å². The van der Waals surface area contributed by atoms with Gasteiger partial charge in [0.2, 0.25) is 0 Å². The monoisotopic (exact) mass is 210 g/mol. The number of ketones is 1. The normalized spacial score (nSPS) is 20.1. The van der Waals surface area contributed by atoms with Gasteiger partial charge in [-0.2, -0.15) is 0 Å². The van der Waals surface area contributed by atoms with Crippen molar-refractivity contribution in [2.24, 2.45) is 22.7 Å². The van der Waals surface area contributed by atoms with Crippen LogP contribution >= 0.6 is 0 Å². The molecule has 0 N–H and O–H groups in total. The van der Waals surface area contributed by atoms with Gasteiger partial charge < -0.3 is 0 Å². The van der Waals surface area contributed by atoms with E-state index in [4.69, 9.17) is 0 Å². The van der Waals surface area contributed by atoms with Crippen molar-refractivity contribution in [3.05, 3.63) is 0 Å². The third-order valence-electron chi connectivity index (χ3n) is 3.10. The maximum absolute atomic E-state index is 12.3. The minimum absolute atomic E-state index is 0.168. The Labute approximate surface area is 94.6 Å². The fourth-order valence-corrected chi connectivity index (χ4v) is 2.19. The van der Waals surface area contributed by atoms with Gasteiger partial charge >= 0.3 is 0 Å². The van der Waals surface area contributed by atoms with E-state index in [9.17, 15) is 4.79 Å². The van der Waals surface area contributed by atoms with Crippen LogP contribution in [0.4, 0.5) is 0 Å². The Kier molecular flexibility index (Phi) is 3.33. The van der Waals surface area contributed by atoms with Crippen molar-refractivity contribution in [1.82, 2.24) is 0 Å². The van der Waals surface area contributed by atoms with Crippen LogP contribution in [0, 0.1) is 22.7 Å². The molecule has 0 radical (unpaired) electrons. The number of Topliss-reactive ketones (excluding diaryl/α,β-unsaturated/α-hetero) is 1. The zero-order valence-corrected chi connectivity index (χ0v) is 11.2. The van der Waals surface area contributed by atoms with E-state index in [-0.39, 0.29) is 10.8 Å². The highest BCUT2D eigenvalue weighted by atomic mass is 16.1. The second kappa shape index (κ2) is 3.92. The SMILES string of the molecule is CC(C)(C)CC(C(=O)C(C)(C)C)C1CC1. The van der Waals surface area contributed by atoms with Crippen molar-refractivity contribution in [2.45, 2.75) is 60.8 Å². The van der Waals surface area contributed by atoms with Crippen LogP contribution < -0.4 is 0 Å². The molecular weight excluding hydrogens is 184 g/mol. The van der Waals surface area contributed by atoms with Gasteiger partial charge in [-0.1, -0.05) is 41.5 Å². The summed E-state index contributed by atoms with van der Waals surface area (Å²) in [4.78, 5) is 12.3. The van der Waals surface area contributed by atoms with Crippen LogP contribution in [0.3, 0.4) is 0 Å². The Morgan fingerprint density at radius 3 is 1.87 bits per heavy atom. The van der Waals surface area contributed by atoms with E-state index in [2.05, 4.69) is 20.8 Å². The van der Waals surface area contributed by atoms with E-state index in [1.54, 1.807) is 0 Å². The van der Waals surface area contributed by atoms with Crippen LogP contribution in [0.15, 0.2) is 0 Å². The van der Waals surface area contributed by atoms with Crippen molar-refractivity contribution in [3.8, 4) is 0 Å². The van der Waals surface area contributed by atoms with Crippen LogP contribution in [-0.4, -0.2) is 5.78 Å². The first-order valence-electron chi connectivity index (χ1n) is 6.15. The fourth-order valence-electron chi connectivity index (χ4n) is 2.19. The summed E-state index contributed by atoms with van der Waals surface area (Å²) in [6.45, 7) is 12.9. The second-order valence-corrected chi connectivity index (χ2v) is 7.32. The molecule has 1 nitrogen and oxygen atoms in total. The summed E-state index contributed by atoms with van der Waals surface area (Å²) in [5.74, 6) is 1.47. The lowest BCUT2D eigenvalue weighted by molar-refractivity contribution is -0.132. The van der Waals surface area contributed by atoms with Crippen molar-refractivity contribution >= 4 is 5.78 Å². The van der Waals surface area contributed by atoms with Gasteiger partial charge in [0.1, 0.15) is 5.78 Å². The zero-order valence-electron chi connectivity index (χ0n) is 11.2. The predicted octanol–water partition coefficient (Wildman–Crippen LogP) is 4.06. The van der Waals surface area contributed by atoms with Crippen LogP contribution in [-0.2, 0) is 4.79 Å². The zero-order chi connectivity index (χ0) is 11.9. The molecule has 1 heteroatoms. The van der Waals surface area contributed by atoms with Crippen LogP contribution in [0.5, 0.6) is 0 Å². The first kappa shape index (κ1) is 12.7. The molecule has 1 atom stereocenters. The van der Waals surface area contributed by atoms with Crippen LogP contribution in [0.1, 0.15) is 60.8 Å². The number of carbonyl (C=O) groups excluding carboxylic acids is 1. The minimum Gasteiger partial charge on any atom is -0.299 e. The number of rotatable bonds is 3. The van der Waals surface area contributed by atoms with E-state index >= 15 is 0 Å². The van der Waals surface area contributed by atoms with Crippen molar-refractivity contribution in [2.75, 3.05) is 0 Å². The summed E-state index contributed by atoms with van der Waals surface area (Å²) in [5, 5.41) is 0. The average molecular weight is 210 g/mol. The van der Waals surface area contributed by atoms with Crippen molar-refractivity contribution in [1.29, 1.82) is 0 Å². The summed E-state index contributed by atoms with van der Waals surface area (Å²) >= 11 is 0. The fraction of sp³-hybridized carbons (Fsp3) is 0.929. The summed E-state index contributed by atoms with van der Waals surface area (Å²) in [5.41, 5.74) is 0.104. The maximum atomic E-state index is 12.3. The van der Waals surface area contributed by atoms with Gasteiger partial charge in [0.05, 0.1) is 0 Å². The Balaban J connectivity index is 2.71. The number of hydrogen-bond donors (Lipinski definition) is 0. The summed E-state index contributed by atoms with van der Waals surface area (Å²) in [6.07, 6.45) is 3.58. The Hall–Kier alpha value is -0.330. The molecule has 0 aromatic rings. The average Bonchev–Trinajstić information content (AvgIpc) is 2.77. The molecule has 0 heterocycles. The lowest BCUT2D eigenvalue weighted by atomic mass is 9.74. The standard InChI is InChI=1S/C14H26O/c1-13(2,3)9-11(10-7-8-10)12(15)14(4,5)6/h10-11H,7-9H2,1-6H3. The quantitative estimate of drug-likeness (QED) is 0.686.